The highest BCUT2D eigenvalue weighted by Gasteiger charge is 2.14. The number of aryl methyl sites for hydroxylation is 1. The minimum absolute atomic E-state index is 0.166. The summed E-state index contributed by atoms with van der Waals surface area (Å²) < 4.78 is 49.4. The molecular formula is C11H9ClF2N2O2S. The average molecular weight is 307 g/mol. The predicted molar refractivity (Wildman–Crippen MR) is 66.7 cm³/mol. The maximum absolute atomic E-state index is 13.1. The van der Waals surface area contributed by atoms with Crippen molar-refractivity contribution in [1.82, 2.24) is 9.78 Å². The van der Waals surface area contributed by atoms with Gasteiger partial charge in [0.15, 0.2) is 0 Å². The van der Waals surface area contributed by atoms with Gasteiger partial charge in [-0.05, 0) is 19.1 Å². The zero-order valence-corrected chi connectivity index (χ0v) is 11.3. The fourth-order valence-electron chi connectivity index (χ4n) is 1.63. The van der Waals surface area contributed by atoms with Crippen LogP contribution in [-0.4, -0.2) is 18.2 Å². The first kappa shape index (κ1) is 14.0. The first-order chi connectivity index (χ1) is 8.74. The summed E-state index contributed by atoms with van der Waals surface area (Å²) in [6, 6.07) is 2.92. The molecule has 0 amide bonds. The third-order valence-corrected chi connectivity index (χ3v) is 3.42. The lowest BCUT2D eigenvalue weighted by atomic mass is 10.3. The van der Waals surface area contributed by atoms with Gasteiger partial charge in [0, 0.05) is 28.5 Å². The summed E-state index contributed by atoms with van der Waals surface area (Å²) in [6.45, 7) is 1.59. The van der Waals surface area contributed by atoms with E-state index >= 15 is 0 Å². The fourth-order valence-corrected chi connectivity index (χ4v) is 2.63. The molecule has 0 atom stereocenters. The fraction of sp³-hybridized carbons (Fsp3) is 0.182. The Morgan fingerprint density at radius 2 is 1.84 bits per heavy atom. The Morgan fingerprint density at radius 3 is 2.37 bits per heavy atom. The molecule has 1 heterocycles. The SMILES string of the molecule is Cc1nn(-c2cc(F)cc(F)c2)cc1CS(=O)(=O)Cl. The molecule has 0 radical (unpaired) electrons. The van der Waals surface area contributed by atoms with Crippen LogP contribution in [0.15, 0.2) is 24.4 Å². The van der Waals surface area contributed by atoms with Crippen LogP contribution in [0.3, 0.4) is 0 Å². The monoisotopic (exact) mass is 306 g/mol. The minimum Gasteiger partial charge on any atom is -0.240 e. The summed E-state index contributed by atoms with van der Waals surface area (Å²) in [5, 5.41) is 4.01. The first-order valence-corrected chi connectivity index (χ1v) is 7.66. The second-order valence-corrected chi connectivity index (χ2v) is 6.77. The number of benzene rings is 1. The summed E-state index contributed by atoms with van der Waals surface area (Å²) >= 11 is 0. The Bertz CT molecular complexity index is 708. The molecule has 0 aliphatic rings. The van der Waals surface area contributed by atoms with E-state index in [1.807, 2.05) is 0 Å². The molecule has 0 spiro atoms. The van der Waals surface area contributed by atoms with Gasteiger partial charge in [-0.1, -0.05) is 0 Å². The molecule has 1 aromatic heterocycles. The summed E-state index contributed by atoms with van der Waals surface area (Å²) in [6.07, 6.45) is 1.38. The average Bonchev–Trinajstić information content (AvgIpc) is 2.56. The summed E-state index contributed by atoms with van der Waals surface area (Å²) in [4.78, 5) is 0. The van der Waals surface area contributed by atoms with Crippen LogP contribution in [0.2, 0.25) is 0 Å². The summed E-state index contributed by atoms with van der Waals surface area (Å²) in [5.74, 6) is -1.87. The molecule has 0 aliphatic heterocycles. The van der Waals surface area contributed by atoms with E-state index in [1.54, 1.807) is 6.92 Å². The number of hydrogen-bond acceptors (Lipinski definition) is 3. The standard InChI is InChI=1S/C11H9ClF2N2O2S/c1-7-8(6-19(12,17)18)5-16(15-7)11-3-9(13)2-10(14)4-11/h2-5H,6H2,1H3. The van der Waals surface area contributed by atoms with Gasteiger partial charge in [-0.15, -0.1) is 0 Å². The molecule has 0 saturated carbocycles. The van der Waals surface area contributed by atoms with E-state index < -0.39 is 26.4 Å². The number of nitrogens with zero attached hydrogens (tertiary/aromatic N) is 2. The Morgan fingerprint density at radius 1 is 1.26 bits per heavy atom. The number of halogens is 3. The van der Waals surface area contributed by atoms with Crippen molar-refractivity contribution in [3.63, 3.8) is 0 Å². The zero-order valence-electron chi connectivity index (χ0n) is 9.77. The molecule has 19 heavy (non-hydrogen) atoms. The maximum atomic E-state index is 13.1. The second kappa shape index (κ2) is 4.90. The summed E-state index contributed by atoms with van der Waals surface area (Å²) in [7, 11) is 1.45. The van der Waals surface area contributed by atoms with E-state index in [4.69, 9.17) is 10.7 Å². The highest BCUT2D eigenvalue weighted by atomic mass is 35.7. The Hall–Kier alpha value is -1.47. The molecular weight excluding hydrogens is 298 g/mol. The minimum atomic E-state index is -3.71. The molecule has 2 rings (SSSR count). The Balaban J connectivity index is 2.44. The van der Waals surface area contributed by atoms with E-state index in [1.165, 1.54) is 10.9 Å². The molecule has 102 valence electrons. The van der Waals surface area contributed by atoms with Crippen molar-refractivity contribution in [2.75, 3.05) is 0 Å². The number of rotatable bonds is 3. The van der Waals surface area contributed by atoms with Crippen molar-refractivity contribution >= 4 is 19.7 Å². The van der Waals surface area contributed by atoms with Crippen molar-refractivity contribution in [3.8, 4) is 5.69 Å². The molecule has 0 fully saturated rings. The van der Waals surface area contributed by atoms with E-state index in [0.717, 1.165) is 18.2 Å². The van der Waals surface area contributed by atoms with Gasteiger partial charge in [0.05, 0.1) is 17.1 Å². The van der Waals surface area contributed by atoms with Crippen molar-refractivity contribution in [2.45, 2.75) is 12.7 Å². The van der Waals surface area contributed by atoms with Crippen molar-refractivity contribution < 1.29 is 17.2 Å². The second-order valence-electron chi connectivity index (χ2n) is 4.00. The van der Waals surface area contributed by atoms with Crippen LogP contribution < -0.4 is 0 Å². The highest BCUT2D eigenvalue weighted by molar-refractivity contribution is 8.13. The molecule has 0 saturated heterocycles. The largest absolute Gasteiger partial charge is 0.240 e. The number of hydrogen-bond donors (Lipinski definition) is 0. The van der Waals surface area contributed by atoms with Crippen LogP contribution in [0, 0.1) is 18.6 Å². The van der Waals surface area contributed by atoms with E-state index in [-0.39, 0.29) is 5.69 Å². The molecule has 0 unspecified atom stereocenters. The zero-order chi connectivity index (χ0) is 14.2. The topological polar surface area (TPSA) is 52.0 Å². The third kappa shape index (κ3) is 3.51. The first-order valence-electron chi connectivity index (χ1n) is 5.18. The van der Waals surface area contributed by atoms with Crippen LogP contribution in [0.1, 0.15) is 11.3 Å². The van der Waals surface area contributed by atoms with Gasteiger partial charge in [-0.3, -0.25) is 0 Å². The van der Waals surface area contributed by atoms with Crippen molar-refractivity contribution in [1.29, 1.82) is 0 Å². The Kier molecular flexibility index (Phi) is 3.60. The quantitative estimate of drug-likeness (QED) is 0.819. The van der Waals surface area contributed by atoms with Gasteiger partial charge < -0.3 is 0 Å². The van der Waals surface area contributed by atoms with Crippen molar-refractivity contribution in [2.24, 2.45) is 0 Å². The van der Waals surface area contributed by atoms with Crippen LogP contribution in [0.5, 0.6) is 0 Å². The van der Waals surface area contributed by atoms with Crippen LogP contribution in [0.4, 0.5) is 8.78 Å². The van der Waals surface area contributed by atoms with Gasteiger partial charge in [0.2, 0.25) is 9.05 Å². The highest BCUT2D eigenvalue weighted by Crippen LogP contribution is 2.17. The summed E-state index contributed by atoms with van der Waals surface area (Å²) in [5.41, 5.74) is 0.965. The number of aromatic nitrogens is 2. The normalized spacial score (nSPS) is 11.8. The molecule has 2 aromatic rings. The van der Waals surface area contributed by atoms with Gasteiger partial charge in [-0.2, -0.15) is 5.10 Å². The maximum Gasteiger partial charge on any atom is 0.236 e. The molecule has 8 heteroatoms. The smallest absolute Gasteiger partial charge is 0.236 e. The molecule has 0 bridgehead atoms. The van der Waals surface area contributed by atoms with Crippen LogP contribution in [0.25, 0.3) is 5.69 Å². The van der Waals surface area contributed by atoms with Crippen molar-refractivity contribution in [3.05, 3.63) is 47.3 Å². The van der Waals surface area contributed by atoms with E-state index in [9.17, 15) is 17.2 Å². The van der Waals surface area contributed by atoms with E-state index in [2.05, 4.69) is 5.10 Å². The van der Waals surface area contributed by atoms with E-state index in [0.29, 0.717) is 11.3 Å². The molecule has 4 nitrogen and oxygen atoms in total. The predicted octanol–water partition coefficient (Wildman–Crippen LogP) is 2.53. The van der Waals surface area contributed by atoms with Gasteiger partial charge >= 0.3 is 0 Å². The molecule has 0 N–H and O–H groups in total. The van der Waals surface area contributed by atoms with Gasteiger partial charge in [0.25, 0.3) is 0 Å². The molecule has 0 aliphatic carbocycles. The lowest BCUT2D eigenvalue weighted by Crippen LogP contribution is -1.97. The van der Waals surface area contributed by atoms with Crippen LogP contribution >= 0.6 is 10.7 Å². The Labute approximate surface area is 113 Å². The van der Waals surface area contributed by atoms with Crippen LogP contribution in [-0.2, 0) is 14.8 Å². The van der Waals surface area contributed by atoms with Gasteiger partial charge in [0.1, 0.15) is 11.6 Å². The lowest BCUT2D eigenvalue weighted by molar-refractivity contribution is 0.580. The third-order valence-electron chi connectivity index (χ3n) is 2.44. The lowest BCUT2D eigenvalue weighted by Gasteiger charge is -2.01. The molecule has 1 aromatic carbocycles. The van der Waals surface area contributed by atoms with Gasteiger partial charge in [-0.25, -0.2) is 21.9 Å².